The molecule has 1 saturated heterocycles. The van der Waals surface area contributed by atoms with Crippen LogP contribution < -0.4 is 10.2 Å². The number of nitrogens with zero attached hydrogens (tertiary/aromatic N) is 1. The first-order chi connectivity index (χ1) is 14.5. The largest absolute Gasteiger partial charge is 0.317 e. The Morgan fingerprint density at radius 1 is 1.23 bits per heavy atom. The summed E-state index contributed by atoms with van der Waals surface area (Å²) in [5.74, 6) is -2.31. The molecule has 0 aliphatic carbocycles. The first-order valence-electron chi connectivity index (χ1n) is 10.4. The Morgan fingerprint density at radius 2 is 1.93 bits per heavy atom. The lowest BCUT2D eigenvalue weighted by Gasteiger charge is -2.42. The molecule has 158 valence electrons. The predicted octanol–water partition coefficient (Wildman–Crippen LogP) is 5.62. The lowest BCUT2D eigenvalue weighted by molar-refractivity contribution is 0.0953. The molecule has 4 rings (SSSR count). The van der Waals surface area contributed by atoms with Crippen molar-refractivity contribution in [3.8, 4) is 0 Å². The molecule has 3 nitrogen and oxygen atoms in total. The van der Waals surface area contributed by atoms with E-state index in [-0.39, 0.29) is 11.5 Å². The molecule has 1 amide bonds. The van der Waals surface area contributed by atoms with Gasteiger partial charge in [0.1, 0.15) is 17.2 Å². The topological polar surface area (TPSA) is 32.3 Å². The zero-order valence-electron chi connectivity index (χ0n) is 16.8. The number of amides is 1. The molecular formula is C24H25ClF2N2O. The van der Waals surface area contributed by atoms with Crippen molar-refractivity contribution in [1.29, 1.82) is 0 Å². The Labute approximate surface area is 180 Å². The summed E-state index contributed by atoms with van der Waals surface area (Å²) in [4.78, 5) is 15.2. The fourth-order valence-electron chi connectivity index (χ4n) is 5.12. The van der Waals surface area contributed by atoms with Gasteiger partial charge in [-0.15, -0.1) is 6.58 Å². The molecule has 0 unspecified atom stereocenters. The molecule has 1 spiro atoms. The van der Waals surface area contributed by atoms with Gasteiger partial charge in [0.25, 0.3) is 5.91 Å². The van der Waals surface area contributed by atoms with Gasteiger partial charge >= 0.3 is 0 Å². The first kappa shape index (κ1) is 21.0. The fourth-order valence-corrected chi connectivity index (χ4v) is 5.29. The fraction of sp³-hybridized carbons (Fsp3) is 0.375. The minimum Gasteiger partial charge on any atom is -0.317 e. The number of nitrogens with one attached hydrogen (secondary N) is 1. The molecule has 2 heterocycles. The van der Waals surface area contributed by atoms with E-state index >= 15 is 0 Å². The van der Waals surface area contributed by atoms with Crippen LogP contribution in [-0.2, 0) is 5.41 Å². The smallest absolute Gasteiger partial charge is 0.264 e. The average Bonchev–Trinajstić information content (AvgIpc) is 2.97. The predicted molar refractivity (Wildman–Crippen MR) is 116 cm³/mol. The molecule has 0 bridgehead atoms. The van der Waals surface area contributed by atoms with Crippen LogP contribution >= 0.6 is 11.6 Å². The Bertz CT molecular complexity index is 951. The van der Waals surface area contributed by atoms with Crippen LogP contribution in [0.4, 0.5) is 14.5 Å². The van der Waals surface area contributed by atoms with E-state index in [4.69, 9.17) is 11.6 Å². The standard InChI is InChI=1S/C24H25ClF2N2O/c1-2-3-4-8-21-24(11-13-28-14-12-24)17-15-16(25)9-10-20(17)29(21)23(30)22-18(26)6-5-7-19(22)27/h2,5-7,9-10,15,21,28H,1,3-4,8,11-14H2/t21-/m1/s1. The van der Waals surface area contributed by atoms with Crippen LogP contribution in [0, 0.1) is 11.6 Å². The van der Waals surface area contributed by atoms with Crippen molar-refractivity contribution < 1.29 is 13.6 Å². The van der Waals surface area contributed by atoms with E-state index in [0.717, 1.165) is 62.9 Å². The number of piperidine rings is 1. The van der Waals surface area contributed by atoms with Crippen molar-refractivity contribution in [2.24, 2.45) is 0 Å². The lowest BCUT2D eigenvalue weighted by atomic mass is 9.68. The number of anilines is 1. The summed E-state index contributed by atoms with van der Waals surface area (Å²) in [5, 5.41) is 3.99. The molecule has 2 aliphatic rings. The summed E-state index contributed by atoms with van der Waals surface area (Å²) in [5.41, 5.74) is 0.921. The van der Waals surface area contributed by atoms with Gasteiger partial charge in [0.2, 0.25) is 0 Å². The highest BCUT2D eigenvalue weighted by Gasteiger charge is 2.53. The number of fused-ring (bicyclic) bond motifs is 2. The molecule has 2 aromatic carbocycles. The molecule has 1 fully saturated rings. The van der Waals surface area contributed by atoms with Gasteiger partial charge in [-0.05, 0) is 81.1 Å². The molecule has 0 aromatic heterocycles. The van der Waals surface area contributed by atoms with E-state index in [1.165, 1.54) is 6.07 Å². The van der Waals surface area contributed by atoms with Crippen LogP contribution in [0.15, 0.2) is 49.1 Å². The molecule has 2 aromatic rings. The van der Waals surface area contributed by atoms with Gasteiger partial charge in [0, 0.05) is 22.2 Å². The van der Waals surface area contributed by atoms with Crippen molar-refractivity contribution in [1.82, 2.24) is 5.32 Å². The average molecular weight is 431 g/mol. The molecule has 2 aliphatic heterocycles. The summed E-state index contributed by atoms with van der Waals surface area (Å²) in [6, 6.07) is 8.80. The van der Waals surface area contributed by atoms with Gasteiger partial charge in [0.15, 0.2) is 0 Å². The number of benzene rings is 2. The highest BCUT2D eigenvalue weighted by molar-refractivity contribution is 6.30. The number of unbranched alkanes of at least 4 members (excludes halogenated alkanes) is 1. The monoisotopic (exact) mass is 430 g/mol. The number of hydrogen-bond acceptors (Lipinski definition) is 2. The maximum absolute atomic E-state index is 14.5. The number of hydrogen-bond donors (Lipinski definition) is 1. The minimum atomic E-state index is -0.841. The molecule has 1 atom stereocenters. The maximum Gasteiger partial charge on any atom is 0.264 e. The highest BCUT2D eigenvalue weighted by atomic mass is 35.5. The number of allylic oxidation sites excluding steroid dienone is 1. The third-order valence-corrected chi connectivity index (χ3v) is 6.72. The molecule has 0 saturated carbocycles. The van der Waals surface area contributed by atoms with Gasteiger partial charge in [-0.2, -0.15) is 0 Å². The third kappa shape index (κ3) is 3.44. The summed E-state index contributed by atoms with van der Waals surface area (Å²) >= 11 is 6.34. The van der Waals surface area contributed by atoms with E-state index in [1.807, 2.05) is 18.2 Å². The van der Waals surface area contributed by atoms with Crippen LogP contribution in [0.25, 0.3) is 0 Å². The van der Waals surface area contributed by atoms with E-state index in [9.17, 15) is 13.6 Å². The SMILES string of the molecule is C=CCCC[C@H]1N(C(=O)c2c(F)cccc2F)c2ccc(Cl)cc2C12CCNCC2. The van der Waals surface area contributed by atoms with E-state index in [1.54, 1.807) is 11.0 Å². The van der Waals surface area contributed by atoms with Crippen molar-refractivity contribution in [3.05, 3.63) is 76.8 Å². The second kappa shape index (κ2) is 8.48. The van der Waals surface area contributed by atoms with Gasteiger partial charge < -0.3 is 10.2 Å². The number of rotatable bonds is 5. The summed E-state index contributed by atoms with van der Waals surface area (Å²) in [6.07, 6.45) is 5.91. The maximum atomic E-state index is 14.5. The van der Waals surface area contributed by atoms with Gasteiger partial charge in [0.05, 0.1) is 0 Å². The van der Waals surface area contributed by atoms with Crippen LogP contribution in [-0.4, -0.2) is 25.0 Å². The Morgan fingerprint density at radius 3 is 2.60 bits per heavy atom. The Balaban J connectivity index is 1.86. The summed E-state index contributed by atoms with van der Waals surface area (Å²) in [7, 11) is 0. The number of carbonyl (C=O) groups is 1. The van der Waals surface area contributed by atoms with Gasteiger partial charge in [-0.25, -0.2) is 8.78 Å². The zero-order chi connectivity index (χ0) is 21.3. The number of carbonyl (C=O) groups excluding carboxylic acids is 1. The third-order valence-electron chi connectivity index (χ3n) is 6.48. The second-order valence-electron chi connectivity index (χ2n) is 8.07. The molecule has 0 radical (unpaired) electrons. The summed E-state index contributed by atoms with van der Waals surface area (Å²) < 4.78 is 29.1. The van der Waals surface area contributed by atoms with E-state index in [2.05, 4.69) is 11.9 Å². The summed E-state index contributed by atoms with van der Waals surface area (Å²) in [6.45, 7) is 5.44. The van der Waals surface area contributed by atoms with E-state index < -0.39 is 23.1 Å². The Kier molecular flexibility index (Phi) is 5.94. The normalized spacial score (nSPS) is 19.7. The minimum absolute atomic E-state index is 0.195. The quantitative estimate of drug-likeness (QED) is 0.493. The van der Waals surface area contributed by atoms with Crippen LogP contribution in [0.2, 0.25) is 5.02 Å². The second-order valence-corrected chi connectivity index (χ2v) is 8.51. The molecule has 1 N–H and O–H groups in total. The van der Waals surface area contributed by atoms with Crippen molar-refractivity contribution in [2.75, 3.05) is 18.0 Å². The van der Waals surface area contributed by atoms with Crippen molar-refractivity contribution >= 4 is 23.2 Å². The molecule has 30 heavy (non-hydrogen) atoms. The lowest BCUT2D eigenvalue weighted by Crippen LogP contribution is -2.52. The highest BCUT2D eigenvalue weighted by Crippen LogP contribution is 2.53. The van der Waals surface area contributed by atoms with Crippen LogP contribution in [0.3, 0.4) is 0 Å². The zero-order valence-corrected chi connectivity index (χ0v) is 17.5. The Hall–Kier alpha value is -2.24. The first-order valence-corrected chi connectivity index (χ1v) is 10.8. The van der Waals surface area contributed by atoms with Crippen molar-refractivity contribution in [2.45, 2.75) is 43.6 Å². The van der Waals surface area contributed by atoms with Crippen LogP contribution in [0.1, 0.15) is 48.0 Å². The molecular weight excluding hydrogens is 406 g/mol. The molecule has 6 heteroatoms. The van der Waals surface area contributed by atoms with Crippen LogP contribution in [0.5, 0.6) is 0 Å². The van der Waals surface area contributed by atoms with Gasteiger partial charge in [-0.1, -0.05) is 23.7 Å². The van der Waals surface area contributed by atoms with Crippen molar-refractivity contribution in [3.63, 3.8) is 0 Å². The van der Waals surface area contributed by atoms with E-state index in [0.29, 0.717) is 10.7 Å². The number of halogens is 3. The van der Waals surface area contributed by atoms with Gasteiger partial charge in [-0.3, -0.25) is 4.79 Å².